The van der Waals surface area contributed by atoms with Crippen LogP contribution in [-0.4, -0.2) is 9.78 Å². The van der Waals surface area contributed by atoms with E-state index in [2.05, 4.69) is 5.10 Å². The van der Waals surface area contributed by atoms with Crippen LogP contribution >= 0.6 is 0 Å². The second-order valence-corrected chi connectivity index (χ2v) is 4.51. The molecule has 2 aromatic rings. The van der Waals surface area contributed by atoms with Crippen molar-refractivity contribution in [2.45, 2.75) is 20.0 Å². The van der Waals surface area contributed by atoms with E-state index in [1.807, 2.05) is 6.07 Å². The van der Waals surface area contributed by atoms with Gasteiger partial charge < -0.3 is 0 Å². The van der Waals surface area contributed by atoms with Crippen LogP contribution in [0, 0.1) is 25.2 Å². The van der Waals surface area contributed by atoms with E-state index < -0.39 is 11.7 Å². The van der Waals surface area contributed by atoms with E-state index in [1.54, 1.807) is 26.0 Å². The van der Waals surface area contributed by atoms with Crippen LogP contribution in [0.25, 0.3) is 11.8 Å². The number of aromatic nitrogens is 2. The third kappa shape index (κ3) is 2.97. The Kier molecular flexibility index (Phi) is 3.85. The van der Waals surface area contributed by atoms with Crippen molar-refractivity contribution in [3.05, 3.63) is 52.9 Å². The summed E-state index contributed by atoms with van der Waals surface area (Å²) in [7, 11) is 0. The molecule has 1 heterocycles. The number of allylic oxidation sites excluding steroid dienone is 1. The summed E-state index contributed by atoms with van der Waals surface area (Å²) in [5.41, 5.74) is 1.67. The molecule has 2 rings (SSSR count). The van der Waals surface area contributed by atoms with Gasteiger partial charge in [-0.15, -0.1) is 0 Å². The highest BCUT2D eigenvalue weighted by molar-refractivity contribution is 5.58. The number of rotatable bonds is 2. The highest BCUT2D eigenvalue weighted by Crippen LogP contribution is 2.30. The predicted octanol–water partition coefficient (Wildman–Crippen LogP) is 4.04. The lowest BCUT2D eigenvalue weighted by Gasteiger charge is -2.10. The number of alkyl halides is 3. The fourth-order valence-corrected chi connectivity index (χ4v) is 2.08. The number of halogens is 3. The van der Waals surface area contributed by atoms with Gasteiger partial charge in [-0.25, -0.2) is 4.68 Å². The summed E-state index contributed by atoms with van der Waals surface area (Å²) in [6, 6.07) is 6.86. The Labute approximate surface area is 119 Å². The summed E-state index contributed by atoms with van der Waals surface area (Å²) in [6.07, 6.45) is -1.48. The molecule has 108 valence electrons. The molecule has 0 fully saturated rings. The minimum absolute atomic E-state index is 0.335. The van der Waals surface area contributed by atoms with Gasteiger partial charge in [-0.05, 0) is 38.1 Å². The smallest absolute Gasteiger partial charge is 0.237 e. The van der Waals surface area contributed by atoms with E-state index in [4.69, 9.17) is 5.26 Å². The van der Waals surface area contributed by atoms with Gasteiger partial charge in [0.2, 0.25) is 0 Å². The van der Waals surface area contributed by atoms with Gasteiger partial charge in [0.1, 0.15) is 0 Å². The number of nitriles is 1. The van der Waals surface area contributed by atoms with Gasteiger partial charge in [-0.1, -0.05) is 6.07 Å². The van der Waals surface area contributed by atoms with E-state index in [1.165, 1.54) is 16.8 Å². The first-order valence-electron chi connectivity index (χ1n) is 6.14. The molecule has 0 aliphatic carbocycles. The quantitative estimate of drug-likeness (QED) is 0.783. The van der Waals surface area contributed by atoms with E-state index in [0.29, 0.717) is 17.1 Å². The Balaban J connectivity index is 2.54. The molecule has 0 atom stereocenters. The monoisotopic (exact) mass is 291 g/mol. The average molecular weight is 291 g/mol. The number of nitrogens with zero attached hydrogens (tertiary/aromatic N) is 3. The zero-order valence-corrected chi connectivity index (χ0v) is 11.4. The molecule has 0 radical (unpaired) electrons. The molecular formula is C15H12F3N3. The first kappa shape index (κ1) is 14.9. The molecule has 0 saturated heterocycles. The van der Waals surface area contributed by atoms with E-state index in [0.717, 1.165) is 17.7 Å². The molecular weight excluding hydrogens is 279 g/mol. The third-order valence-corrected chi connectivity index (χ3v) is 3.09. The fourth-order valence-electron chi connectivity index (χ4n) is 2.08. The highest BCUT2D eigenvalue weighted by Gasteiger charge is 2.30. The molecule has 1 aromatic heterocycles. The lowest BCUT2D eigenvalue weighted by atomic mass is 10.1. The van der Waals surface area contributed by atoms with Crippen LogP contribution in [-0.2, 0) is 6.18 Å². The molecule has 3 nitrogen and oxygen atoms in total. The molecule has 21 heavy (non-hydrogen) atoms. The fraction of sp³-hybridized carbons (Fsp3) is 0.200. The standard InChI is InChI=1S/C15H12F3N3/c1-10-14(7-4-8-19)11(2)21(20-10)13-6-3-5-12(9-13)15(16,17)18/h3-7,9H,1-2H3. The number of hydrogen-bond acceptors (Lipinski definition) is 2. The summed E-state index contributed by atoms with van der Waals surface area (Å²) >= 11 is 0. The molecule has 0 aliphatic rings. The normalized spacial score (nSPS) is 11.8. The summed E-state index contributed by atoms with van der Waals surface area (Å²) in [5, 5.41) is 12.8. The number of hydrogen-bond donors (Lipinski definition) is 0. The van der Waals surface area contributed by atoms with Crippen molar-refractivity contribution in [1.82, 2.24) is 9.78 Å². The second-order valence-electron chi connectivity index (χ2n) is 4.51. The van der Waals surface area contributed by atoms with Gasteiger partial charge in [-0.3, -0.25) is 0 Å². The van der Waals surface area contributed by atoms with Gasteiger partial charge in [-0.2, -0.15) is 23.5 Å². The van der Waals surface area contributed by atoms with Crippen molar-refractivity contribution in [1.29, 1.82) is 5.26 Å². The average Bonchev–Trinajstić information content (AvgIpc) is 2.71. The van der Waals surface area contributed by atoms with E-state index in [-0.39, 0.29) is 0 Å². The van der Waals surface area contributed by atoms with E-state index >= 15 is 0 Å². The SMILES string of the molecule is Cc1nn(-c2cccc(C(F)(F)F)c2)c(C)c1C=CC#N. The zero-order valence-electron chi connectivity index (χ0n) is 11.4. The maximum atomic E-state index is 12.8. The molecule has 0 N–H and O–H groups in total. The Hall–Kier alpha value is -2.55. The molecule has 0 amide bonds. The van der Waals surface area contributed by atoms with Crippen molar-refractivity contribution in [3.8, 4) is 11.8 Å². The highest BCUT2D eigenvalue weighted by atomic mass is 19.4. The van der Waals surface area contributed by atoms with Gasteiger partial charge in [0.05, 0.1) is 23.0 Å². The van der Waals surface area contributed by atoms with Crippen molar-refractivity contribution in [2.75, 3.05) is 0 Å². The number of aryl methyl sites for hydroxylation is 1. The lowest BCUT2D eigenvalue weighted by Crippen LogP contribution is -2.07. The Bertz CT molecular complexity index is 734. The largest absolute Gasteiger partial charge is 0.416 e. The summed E-state index contributed by atoms with van der Waals surface area (Å²) in [5.74, 6) is 0. The maximum absolute atomic E-state index is 12.8. The lowest BCUT2D eigenvalue weighted by molar-refractivity contribution is -0.137. The minimum atomic E-state index is -4.39. The van der Waals surface area contributed by atoms with Gasteiger partial charge in [0.15, 0.2) is 0 Å². The van der Waals surface area contributed by atoms with Crippen LogP contribution in [0.2, 0.25) is 0 Å². The predicted molar refractivity (Wildman–Crippen MR) is 72.7 cm³/mol. The first-order valence-corrected chi connectivity index (χ1v) is 6.14. The van der Waals surface area contributed by atoms with Crippen LogP contribution in [0.4, 0.5) is 13.2 Å². The summed E-state index contributed by atoms with van der Waals surface area (Å²) in [6.45, 7) is 3.49. The molecule has 1 aromatic carbocycles. The molecule has 6 heteroatoms. The van der Waals surface area contributed by atoms with Gasteiger partial charge in [0, 0.05) is 17.3 Å². The number of benzene rings is 1. The van der Waals surface area contributed by atoms with Crippen LogP contribution in [0.5, 0.6) is 0 Å². The van der Waals surface area contributed by atoms with Crippen LogP contribution in [0.15, 0.2) is 30.3 Å². The molecule has 0 unspecified atom stereocenters. The van der Waals surface area contributed by atoms with Gasteiger partial charge >= 0.3 is 6.18 Å². The van der Waals surface area contributed by atoms with Crippen molar-refractivity contribution < 1.29 is 13.2 Å². The Morgan fingerprint density at radius 1 is 1.29 bits per heavy atom. The molecule has 0 saturated carbocycles. The van der Waals surface area contributed by atoms with Crippen LogP contribution in [0.3, 0.4) is 0 Å². The minimum Gasteiger partial charge on any atom is -0.237 e. The zero-order chi connectivity index (χ0) is 15.6. The van der Waals surface area contributed by atoms with Crippen molar-refractivity contribution in [3.63, 3.8) is 0 Å². The van der Waals surface area contributed by atoms with Gasteiger partial charge in [0.25, 0.3) is 0 Å². The molecule has 0 aliphatic heterocycles. The third-order valence-electron chi connectivity index (χ3n) is 3.09. The molecule has 0 spiro atoms. The molecule has 0 bridgehead atoms. The van der Waals surface area contributed by atoms with E-state index in [9.17, 15) is 13.2 Å². The summed E-state index contributed by atoms with van der Waals surface area (Å²) < 4.78 is 39.7. The first-order chi connectivity index (χ1) is 9.84. The Morgan fingerprint density at radius 2 is 2.00 bits per heavy atom. The Morgan fingerprint density at radius 3 is 2.62 bits per heavy atom. The topological polar surface area (TPSA) is 41.6 Å². The van der Waals surface area contributed by atoms with Crippen LogP contribution < -0.4 is 0 Å². The van der Waals surface area contributed by atoms with Crippen molar-refractivity contribution in [2.24, 2.45) is 0 Å². The second kappa shape index (κ2) is 5.44. The maximum Gasteiger partial charge on any atom is 0.416 e. The van der Waals surface area contributed by atoms with Crippen LogP contribution in [0.1, 0.15) is 22.5 Å². The van der Waals surface area contributed by atoms with Crippen molar-refractivity contribution >= 4 is 6.08 Å². The summed E-state index contributed by atoms with van der Waals surface area (Å²) in [4.78, 5) is 0.